The lowest BCUT2D eigenvalue weighted by molar-refractivity contribution is 0.0692. The fraction of sp³-hybridized carbons (Fsp3) is 0.417. The highest BCUT2D eigenvalue weighted by molar-refractivity contribution is 7.89. The summed E-state index contributed by atoms with van der Waals surface area (Å²) in [6.45, 7) is 2.71. The lowest BCUT2D eigenvalue weighted by atomic mass is 10.1. The fourth-order valence-corrected chi connectivity index (χ4v) is 2.61. The van der Waals surface area contributed by atoms with Crippen molar-refractivity contribution in [3.63, 3.8) is 0 Å². The zero-order valence-corrected chi connectivity index (χ0v) is 12.2. The molecule has 0 amide bonds. The van der Waals surface area contributed by atoms with Crippen LogP contribution in [0.4, 0.5) is 0 Å². The van der Waals surface area contributed by atoms with Gasteiger partial charge in [0.2, 0.25) is 10.0 Å². The van der Waals surface area contributed by atoms with E-state index in [9.17, 15) is 18.3 Å². The summed E-state index contributed by atoms with van der Waals surface area (Å²) in [7, 11) is -2.61. The number of ether oxygens (including phenoxy) is 1. The van der Waals surface area contributed by atoms with E-state index in [-0.39, 0.29) is 22.8 Å². The molecule has 0 saturated heterocycles. The third-order valence-electron chi connectivity index (χ3n) is 2.41. The molecule has 1 aromatic carbocycles. The lowest BCUT2D eigenvalue weighted by Gasteiger charge is -2.18. The van der Waals surface area contributed by atoms with Crippen LogP contribution in [0.1, 0.15) is 24.2 Å². The van der Waals surface area contributed by atoms with Gasteiger partial charge in [-0.2, -0.15) is 0 Å². The van der Waals surface area contributed by atoms with Gasteiger partial charge in [0.15, 0.2) is 0 Å². The molecule has 0 aliphatic rings. The number of rotatable bonds is 6. The molecule has 3 N–H and O–H groups in total. The maximum atomic E-state index is 12.0. The molecular weight excluding hydrogens is 286 g/mol. The number of benzene rings is 1. The van der Waals surface area contributed by atoms with Gasteiger partial charge < -0.3 is 14.9 Å². The maximum absolute atomic E-state index is 12.0. The van der Waals surface area contributed by atoms with Gasteiger partial charge in [0.25, 0.3) is 0 Å². The Bertz CT molecular complexity index is 603. The number of hydrogen-bond acceptors (Lipinski definition) is 5. The molecule has 0 saturated carbocycles. The van der Waals surface area contributed by atoms with Crippen LogP contribution < -0.4 is 9.46 Å². The minimum Gasteiger partial charge on any atom is -0.496 e. The summed E-state index contributed by atoms with van der Waals surface area (Å²) in [6.07, 6.45) is 0. The third kappa shape index (κ3) is 4.19. The van der Waals surface area contributed by atoms with Crippen molar-refractivity contribution >= 4 is 16.0 Å². The highest BCUT2D eigenvalue weighted by Gasteiger charge is 2.22. The molecule has 112 valence electrons. The van der Waals surface area contributed by atoms with E-state index in [0.717, 1.165) is 6.07 Å². The van der Waals surface area contributed by atoms with Gasteiger partial charge in [0.1, 0.15) is 11.3 Å². The molecule has 0 unspecified atom stereocenters. The second-order valence-electron chi connectivity index (χ2n) is 4.80. The van der Waals surface area contributed by atoms with Gasteiger partial charge >= 0.3 is 5.97 Å². The second-order valence-corrected chi connectivity index (χ2v) is 6.57. The first-order valence-corrected chi connectivity index (χ1v) is 7.18. The third-order valence-corrected chi connectivity index (χ3v) is 3.81. The normalized spacial score (nSPS) is 12.2. The zero-order valence-electron chi connectivity index (χ0n) is 11.4. The largest absolute Gasteiger partial charge is 0.496 e. The number of sulfonamides is 1. The Kier molecular flexibility index (Phi) is 4.74. The van der Waals surface area contributed by atoms with E-state index in [0.29, 0.717) is 0 Å². The predicted molar refractivity (Wildman–Crippen MR) is 71.4 cm³/mol. The number of methoxy groups -OCH3 is 1. The standard InChI is InChI=1S/C12H17NO6S/c1-12(2,16)7-13-20(17,18)8-4-5-10(19-3)9(6-8)11(14)15/h4-6,13,16H,7H2,1-3H3,(H,14,15). The quantitative estimate of drug-likeness (QED) is 0.703. The molecule has 0 fully saturated rings. The Morgan fingerprint density at radius 1 is 1.40 bits per heavy atom. The van der Waals surface area contributed by atoms with Crippen LogP contribution in [0.5, 0.6) is 5.75 Å². The van der Waals surface area contributed by atoms with Crippen molar-refractivity contribution in [2.45, 2.75) is 24.3 Å². The number of carbonyl (C=O) groups is 1. The Morgan fingerprint density at radius 3 is 2.45 bits per heavy atom. The summed E-state index contributed by atoms with van der Waals surface area (Å²) in [5.74, 6) is -1.22. The van der Waals surface area contributed by atoms with Gasteiger partial charge in [-0.3, -0.25) is 0 Å². The van der Waals surface area contributed by atoms with Crippen LogP contribution in [-0.4, -0.2) is 43.9 Å². The van der Waals surface area contributed by atoms with Gasteiger partial charge in [-0.15, -0.1) is 0 Å². The molecule has 8 heteroatoms. The number of aromatic carboxylic acids is 1. The van der Waals surface area contributed by atoms with Crippen molar-refractivity contribution in [1.29, 1.82) is 0 Å². The van der Waals surface area contributed by atoms with Crippen LogP contribution in [-0.2, 0) is 10.0 Å². The predicted octanol–water partition coefficient (Wildman–Crippen LogP) is 0.443. The van der Waals surface area contributed by atoms with Crippen molar-refractivity contribution in [3.8, 4) is 5.75 Å². The van der Waals surface area contributed by atoms with Gasteiger partial charge in [0, 0.05) is 6.54 Å². The molecule has 0 bridgehead atoms. The molecule has 0 radical (unpaired) electrons. The summed E-state index contributed by atoms with van der Waals surface area (Å²) < 4.78 is 31.1. The summed E-state index contributed by atoms with van der Waals surface area (Å²) in [5, 5.41) is 18.5. The van der Waals surface area contributed by atoms with E-state index in [2.05, 4.69) is 4.72 Å². The van der Waals surface area contributed by atoms with Crippen molar-refractivity contribution < 1.29 is 28.2 Å². The Balaban J connectivity index is 3.13. The Morgan fingerprint density at radius 2 is 2.00 bits per heavy atom. The first kappa shape index (κ1) is 16.4. The molecule has 0 spiro atoms. The number of hydrogen-bond donors (Lipinski definition) is 3. The second kappa shape index (κ2) is 5.78. The van der Waals surface area contributed by atoms with Crippen molar-refractivity contribution in [2.24, 2.45) is 0 Å². The molecule has 0 aliphatic heterocycles. The average molecular weight is 303 g/mol. The molecule has 20 heavy (non-hydrogen) atoms. The van der Waals surface area contributed by atoms with Gasteiger partial charge in [-0.1, -0.05) is 0 Å². The first-order chi connectivity index (χ1) is 9.07. The maximum Gasteiger partial charge on any atom is 0.339 e. The molecule has 0 heterocycles. The Labute approximate surface area is 117 Å². The summed E-state index contributed by atoms with van der Waals surface area (Å²) in [6, 6.07) is 3.51. The van der Waals surface area contributed by atoms with Crippen molar-refractivity contribution in [3.05, 3.63) is 23.8 Å². The monoisotopic (exact) mass is 303 g/mol. The molecule has 1 rings (SSSR count). The topological polar surface area (TPSA) is 113 Å². The summed E-state index contributed by atoms with van der Waals surface area (Å²) >= 11 is 0. The minimum absolute atomic E-state index is 0.0685. The number of nitrogens with one attached hydrogen (secondary N) is 1. The van der Waals surface area contributed by atoms with E-state index >= 15 is 0 Å². The molecule has 0 aromatic heterocycles. The Hall–Kier alpha value is -1.64. The van der Waals surface area contributed by atoms with E-state index in [1.807, 2.05) is 0 Å². The van der Waals surface area contributed by atoms with E-state index < -0.39 is 21.6 Å². The molecule has 7 nitrogen and oxygen atoms in total. The fourth-order valence-electron chi connectivity index (χ4n) is 1.38. The number of carboxylic acid groups (broad SMARTS) is 1. The van der Waals surface area contributed by atoms with Crippen molar-refractivity contribution in [2.75, 3.05) is 13.7 Å². The van der Waals surface area contributed by atoms with Crippen LogP contribution >= 0.6 is 0 Å². The molecule has 1 aromatic rings. The lowest BCUT2D eigenvalue weighted by Crippen LogP contribution is -2.38. The minimum atomic E-state index is -3.90. The van der Waals surface area contributed by atoms with E-state index in [4.69, 9.17) is 9.84 Å². The number of aliphatic hydroxyl groups is 1. The van der Waals surface area contributed by atoms with E-state index in [1.165, 1.54) is 33.1 Å². The first-order valence-electron chi connectivity index (χ1n) is 5.70. The SMILES string of the molecule is COc1ccc(S(=O)(=O)NCC(C)(C)O)cc1C(=O)O. The smallest absolute Gasteiger partial charge is 0.339 e. The highest BCUT2D eigenvalue weighted by atomic mass is 32.2. The molecular formula is C12H17NO6S. The zero-order chi connectivity index (χ0) is 15.6. The van der Waals surface area contributed by atoms with Crippen LogP contribution in [0.25, 0.3) is 0 Å². The van der Waals surface area contributed by atoms with Crippen LogP contribution in [0.15, 0.2) is 23.1 Å². The summed E-state index contributed by atoms with van der Waals surface area (Å²) in [5.41, 5.74) is -1.46. The average Bonchev–Trinajstić information content (AvgIpc) is 2.35. The van der Waals surface area contributed by atoms with E-state index in [1.54, 1.807) is 0 Å². The van der Waals surface area contributed by atoms with Gasteiger partial charge in [-0.25, -0.2) is 17.9 Å². The number of carboxylic acids is 1. The van der Waals surface area contributed by atoms with Gasteiger partial charge in [0.05, 0.1) is 17.6 Å². The van der Waals surface area contributed by atoms with Crippen LogP contribution in [0.2, 0.25) is 0 Å². The molecule has 0 atom stereocenters. The van der Waals surface area contributed by atoms with Crippen LogP contribution in [0.3, 0.4) is 0 Å². The highest BCUT2D eigenvalue weighted by Crippen LogP contribution is 2.22. The van der Waals surface area contributed by atoms with Gasteiger partial charge in [-0.05, 0) is 32.0 Å². The van der Waals surface area contributed by atoms with Crippen LogP contribution in [0, 0.1) is 0 Å². The molecule has 0 aliphatic carbocycles. The summed E-state index contributed by atoms with van der Waals surface area (Å²) in [4.78, 5) is 10.8. The van der Waals surface area contributed by atoms with Crippen molar-refractivity contribution in [1.82, 2.24) is 4.72 Å².